The van der Waals surface area contributed by atoms with Crippen molar-refractivity contribution >= 4 is 56.4 Å². The van der Waals surface area contributed by atoms with Crippen molar-refractivity contribution in [1.29, 1.82) is 0 Å². The van der Waals surface area contributed by atoms with Crippen molar-refractivity contribution in [2.24, 2.45) is 0 Å². The summed E-state index contributed by atoms with van der Waals surface area (Å²) in [5.41, 5.74) is 0.471. The number of amides is 1. The molecule has 0 atom stereocenters. The molecule has 3 rings (SSSR count). The number of hydrogen-bond acceptors (Lipinski definition) is 4. The molecule has 2 N–H and O–H groups in total. The van der Waals surface area contributed by atoms with Crippen LogP contribution in [0.15, 0.2) is 41.3 Å². The molecule has 1 aliphatic carbocycles. The number of rotatable bonds is 7. The van der Waals surface area contributed by atoms with Crippen molar-refractivity contribution in [3.05, 3.63) is 51.5 Å². The zero-order valence-corrected chi connectivity index (χ0v) is 18.3. The van der Waals surface area contributed by atoms with Crippen molar-refractivity contribution in [2.75, 3.05) is 11.9 Å². The maximum Gasteiger partial charge on any atom is 0.262 e. The SMILES string of the molecule is O=C(COc1ccc(S(=O)(=O)NC2CCCC2)cc1Cl)Nc1ccc(Cl)c(Cl)c1. The van der Waals surface area contributed by atoms with E-state index in [9.17, 15) is 13.2 Å². The number of hydrogen-bond donors (Lipinski definition) is 2. The molecule has 1 amide bonds. The molecular formula is C19H19Cl3N2O4S. The Morgan fingerprint density at radius 2 is 1.72 bits per heavy atom. The Kier molecular flexibility index (Phi) is 7.29. The maximum absolute atomic E-state index is 12.5. The highest BCUT2D eigenvalue weighted by Crippen LogP contribution is 2.29. The van der Waals surface area contributed by atoms with E-state index in [1.807, 2.05) is 0 Å². The third-order valence-electron chi connectivity index (χ3n) is 4.45. The van der Waals surface area contributed by atoms with E-state index in [4.69, 9.17) is 39.5 Å². The highest BCUT2D eigenvalue weighted by molar-refractivity contribution is 7.89. The number of anilines is 1. The van der Waals surface area contributed by atoms with Gasteiger partial charge in [0.25, 0.3) is 5.91 Å². The van der Waals surface area contributed by atoms with Crippen LogP contribution in [0, 0.1) is 0 Å². The molecule has 156 valence electrons. The molecule has 0 aliphatic heterocycles. The lowest BCUT2D eigenvalue weighted by Gasteiger charge is -2.14. The minimum Gasteiger partial charge on any atom is -0.482 e. The summed E-state index contributed by atoms with van der Waals surface area (Å²) in [7, 11) is -3.66. The molecule has 2 aromatic rings. The summed E-state index contributed by atoms with van der Waals surface area (Å²) < 4.78 is 33.1. The molecular weight excluding hydrogens is 459 g/mol. The van der Waals surface area contributed by atoms with Crippen molar-refractivity contribution in [3.63, 3.8) is 0 Å². The van der Waals surface area contributed by atoms with Gasteiger partial charge in [0.2, 0.25) is 10.0 Å². The fourth-order valence-corrected chi connectivity index (χ4v) is 4.94. The number of benzene rings is 2. The lowest BCUT2D eigenvalue weighted by atomic mass is 10.3. The molecule has 29 heavy (non-hydrogen) atoms. The number of nitrogens with one attached hydrogen (secondary N) is 2. The molecule has 0 bridgehead atoms. The molecule has 1 saturated carbocycles. The van der Waals surface area contributed by atoms with Gasteiger partial charge in [0.15, 0.2) is 6.61 Å². The number of carbonyl (C=O) groups is 1. The zero-order chi connectivity index (χ0) is 21.0. The van der Waals surface area contributed by atoms with Crippen molar-refractivity contribution < 1.29 is 17.9 Å². The quantitative estimate of drug-likeness (QED) is 0.595. The van der Waals surface area contributed by atoms with Gasteiger partial charge in [0.1, 0.15) is 5.75 Å². The summed E-state index contributed by atoms with van der Waals surface area (Å²) in [6, 6.07) is 8.79. The van der Waals surface area contributed by atoms with E-state index in [2.05, 4.69) is 10.0 Å². The fraction of sp³-hybridized carbons (Fsp3) is 0.316. The molecule has 1 aliphatic rings. The van der Waals surface area contributed by atoms with Crippen LogP contribution in [0.2, 0.25) is 15.1 Å². The second-order valence-corrected chi connectivity index (χ2v) is 9.60. The molecule has 0 aromatic heterocycles. The van der Waals surface area contributed by atoms with Gasteiger partial charge in [-0.25, -0.2) is 13.1 Å². The lowest BCUT2D eigenvalue weighted by molar-refractivity contribution is -0.118. The average Bonchev–Trinajstić information content (AvgIpc) is 3.16. The van der Waals surface area contributed by atoms with Gasteiger partial charge in [0.05, 0.1) is 20.0 Å². The molecule has 0 spiro atoms. The van der Waals surface area contributed by atoms with Crippen LogP contribution in [0.3, 0.4) is 0 Å². The number of carbonyl (C=O) groups excluding carboxylic acids is 1. The Balaban J connectivity index is 1.59. The van der Waals surface area contributed by atoms with Crippen molar-refractivity contribution in [3.8, 4) is 5.75 Å². The van der Waals surface area contributed by atoms with E-state index in [1.165, 1.54) is 24.3 Å². The highest BCUT2D eigenvalue weighted by Gasteiger charge is 2.23. The van der Waals surface area contributed by atoms with Crippen LogP contribution in [-0.4, -0.2) is 27.0 Å². The summed E-state index contributed by atoms with van der Waals surface area (Å²) in [5.74, 6) is -0.227. The van der Waals surface area contributed by atoms with Crippen molar-refractivity contribution in [1.82, 2.24) is 4.72 Å². The van der Waals surface area contributed by atoms with Gasteiger partial charge in [0, 0.05) is 11.7 Å². The molecule has 0 saturated heterocycles. The van der Waals surface area contributed by atoms with E-state index in [0.717, 1.165) is 25.7 Å². The third-order valence-corrected chi connectivity index (χ3v) is 7.01. The standard InChI is InChI=1S/C19H19Cl3N2O4S/c20-15-7-5-13(9-16(15)21)23-19(25)11-28-18-8-6-14(10-17(18)22)29(26,27)24-12-3-1-2-4-12/h5-10,12,24H,1-4,11H2,(H,23,25). The summed E-state index contributed by atoms with van der Waals surface area (Å²) >= 11 is 17.9. The first-order valence-corrected chi connectivity index (χ1v) is 11.6. The Labute approximate surface area is 184 Å². The Morgan fingerprint density at radius 1 is 1.00 bits per heavy atom. The Morgan fingerprint density at radius 3 is 2.38 bits per heavy atom. The molecule has 0 unspecified atom stereocenters. The van der Waals surface area contributed by atoms with Crippen LogP contribution < -0.4 is 14.8 Å². The number of ether oxygens (including phenoxy) is 1. The smallest absolute Gasteiger partial charge is 0.262 e. The van der Waals surface area contributed by atoms with Gasteiger partial charge in [-0.15, -0.1) is 0 Å². The molecule has 0 radical (unpaired) electrons. The van der Waals surface area contributed by atoms with Gasteiger partial charge in [-0.1, -0.05) is 47.6 Å². The van der Waals surface area contributed by atoms with Gasteiger partial charge in [-0.2, -0.15) is 0 Å². The minimum absolute atomic E-state index is 0.0419. The van der Waals surface area contributed by atoms with Crippen LogP contribution in [0.5, 0.6) is 5.75 Å². The third kappa shape index (κ3) is 5.99. The summed E-state index contributed by atoms with van der Waals surface area (Å²) in [6.45, 7) is -0.313. The van der Waals surface area contributed by atoms with Crippen LogP contribution in [0.25, 0.3) is 0 Å². The van der Waals surface area contributed by atoms with E-state index < -0.39 is 15.9 Å². The van der Waals surface area contributed by atoms with Gasteiger partial charge < -0.3 is 10.1 Å². The molecule has 10 heteroatoms. The largest absolute Gasteiger partial charge is 0.482 e. The fourth-order valence-electron chi connectivity index (χ4n) is 3.01. The first-order chi connectivity index (χ1) is 13.7. The Bertz CT molecular complexity index is 1010. The second-order valence-electron chi connectivity index (χ2n) is 6.66. The number of sulfonamides is 1. The van der Waals surface area contributed by atoms with Crippen LogP contribution in [0.4, 0.5) is 5.69 Å². The predicted octanol–water partition coefficient (Wildman–Crippen LogP) is 4.89. The summed E-state index contributed by atoms with van der Waals surface area (Å²) in [5, 5.41) is 3.41. The normalized spacial score (nSPS) is 14.7. The van der Waals surface area contributed by atoms with E-state index in [1.54, 1.807) is 12.1 Å². The molecule has 1 fully saturated rings. The first-order valence-electron chi connectivity index (χ1n) is 8.94. The predicted molar refractivity (Wildman–Crippen MR) is 115 cm³/mol. The second kappa shape index (κ2) is 9.53. The van der Waals surface area contributed by atoms with Crippen LogP contribution >= 0.6 is 34.8 Å². The average molecular weight is 478 g/mol. The Hall–Kier alpha value is -1.51. The monoisotopic (exact) mass is 476 g/mol. The van der Waals surface area contributed by atoms with Crippen LogP contribution in [0.1, 0.15) is 25.7 Å². The summed E-state index contributed by atoms with van der Waals surface area (Å²) in [6.07, 6.45) is 3.71. The van der Waals surface area contributed by atoms with Crippen LogP contribution in [-0.2, 0) is 14.8 Å². The van der Waals surface area contributed by atoms with Gasteiger partial charge in [-0.3, -0.25) is 4.79 Å². The van der Waals surface area contributed by atoms with E-state index in [-0.39, 0.29) is 28.3 Å². The number of halogens is 3. The van der Waals surface area contributed by atoms with Crippen molar-refractivity contribution in [2.45, 2.75) is 36.6 Å². The zero-order valence-electron chi connectivity index (χ0n) is 15.3. The lowest BCUT2D eigenvalue weighted by Crippen LogP contribution is -2.32. The molecule has 6 nitrogen and oxygen atoms in total. The van der Waals surface area contributed by atoms with Gasteiger partial charge in [-0.05, 0) is 49.2 Å². The minimum atomic E-state index is -3.66. The van der Waals surface area contributed by atoms with E-state index in [0.29, 0.717) is 15.7 Å². The topological polar surface area (TPSA) is 84.5 Å². The maximum atomic E-state index is 12.5. The highest BCUT2D eigenvalue weighted by atomic mass is 35.5. The molecule has 0 heterocycles. The molecule has 2 aromatic carbocycles. The first kappa shape index (κ1) is 22.2. The van der Waals surface area contributed by atoms with E-state index >= 15 is 0 Å². The summed E-state index contributed by atoms with van der Waals surface area (Å²) in [4.78, 5) is 12.1. The van der Waals surface area contributed by atoms with Gasteiger partial charge >= 0.3 is 0 Å².